The number of thiophene rings is 1. The van der Waals surface area contributed by atoms with Gasteiger partial charge in [0.1, 0.15) is 9.90 Å². The van der Waals surface area contributed by atoms with Crippen LogP contribution in [0.3, 0.4) is 0 Å². The number of nitriles is 1. The standard InChI is InChI=1S/C19H19N5O2S2/c1-23-8-10-24(11-9-23)19-18(21-14-5-2-3-6-15(14)22-19)16(13-20)28(25,26)17-7-4-12-27-17/h2-7,12,16H,8-11H2,1H3/p+1/t16-/m0/s1. The van der Waals surface area contributed by atoms with Crippen LogP contribution in [0.1, 0.15) is 10.9 Å². The Morgan fingerprint density at radius 3 is 2.43 bits per heavy atom. The summed E-state index contributed by atoms with van der Waals surface area (Å²) in [6.45, 7) is 3.32. The third-order valence-corrected chi connectivity index (χ3v) is 8.24. The molecule has 1 aliphatic heterocycles. The number of hydrogen-bond donors (Lipinski definition) is 1. The van der Waals surface area contributed by atoms with Gasteiger partial charge in [-0.05, 0) is 23.6 Å². The van der Waals surface area contributed by atoms with E-state index in [0.29, 0.717) is 16.9 Å². The second-order valence-corrected chi connectivity index (χ2v) is 10.1. The summed E-state index contributed by atoms with van der Waals surface area (Å²) in [5.41, 5.74) is 1.49. The number of nitrogens with one attached hydrogen (secondary N) is 1. The van der Waals surface area contributed by atoms with E-state index >= 15 is 0 Å². The molecule has 4 rings (SSSR count). The first-order chi connectivity index (χ1) is 13.5. The molecule has 0 saturated carbocycles. The Kier molecular flexibility index (Phi) is 5.02. The maximum absolute atomic E-state index is 13.1. The number of rotatable bonds is 4. The van der Waals surface area contributed by atoms with Crippen LogP contribution in [0.2, 0.25) is 0 Å². The number of para-hydroxylation sites is 2. The zero-order chi connectivity index (χ0) is 19.7. The number of sulfone groups is 1. The normalized spacial score (nSPS) is 16.8. The molecule has 3 heterocycles. The number of anilines is 1. The molecule has 1 aromatic carbocycles. The lowest BCUT2D eigenvalue weighted by molar-refractivity contribution is -0.880. The van der Waals surface area contributed by atoms with Gasteiger partial charge in [0.15, 0.2) is 11.1 Å². The van der Waals surface area contributed by atoms with E-state index in [-0.39, 0.29) is 9.90 Å². The van der Waals surface area contributed by atoms with Gasteiger partial charge in [-0.25, -0.2) is 18.4 Å². The molecule has 0 amide bonds. The Morgan fingerprint density at radius 1 is 1.14 bits per heavy atom. The zero-order valence-corrected chi connectivity index (χ0v) is 17.0. The van der Waals surface area contributed by atoms with E-state index in [1.807, 2.05) is 24.3 Å². The van der Waals surface area contributed by atoms with E-state index in [1.165, 1.54) is 11.0 Å². The molecule has 0 aliphatic carbocycles. The predicted octanol–water partition coefficient (Wildman–Crippen LogP) is 1.06. The number of fused-ring (bicyclic) bond motifs is 1. The van der Waals surface area contributed by atoms with E-state index < -0.39 is 15.1 Å². The Morgan fingerprint density at radius 2 is 1.82 bits per heavy atom. The molecule has 144 valence electrons. The van der Waals surface area contributed by atoms with Gasteiger partial charge in [0.25, 0.3) is 0 Å². The summed E-state index contributed by atoms with van der Waals surface area (Å²) in [4.78, 5) is 12.8. The lowest BCUT2D eigenvalue weighted by Crippen LogP contribution is -3.12. The molecule has 1 atom stereocenters. The maximum atomic E-state index is 13.1. The molecule has 28 heavy (non-hydrogen) atoms. The lowest BCUT2D eigenvalue weighted by atomic mass is 10.2. The zero-order valence-electron chi connectivity index (χ0n) is 15.4. The smallest absolute Gasteiger partial charge is 0.209 e. The molecule has 1 N–H and O–H groups in total. The van der Waals surface area contributed by atoms with Crippen LogP contribution in [0.15, 0.2) is 46.0 Å². The van der Waals surface area contributed by atoms with Crippen LogP contribution in [0.25, 0.3) is 11.0 Å². The van der Waals surface area contributed by atoms with Crippen LogP contribution in [0.4, 0.5) is 5.82 Å². The van der Waals surface area contributed by atoms with E-state index in [2.05, 4.69) is 16.9 Å². The van der Waals surface area contributed by atoms with Crippen molar-refractivity contribution in [2.45, 2.75) is 9.46 Å². The van der Waals surface area contributed by atoms with Crippen molar-refractivity contribution in [1.29, 1.82) is 5.26 Å². The fourth-order valence-electron chi connectivity index (χ4n) is 3.33. The monoisotopic (exact) mass is 414 g/mol. The van der Waals surface area contributed by atoms with Crippen molar-refractivity contribution in [3.63, 3.8) is 0 Å². The van der Waals surface area contributed by atoms with Gasteiger partial charge >= 0.3 is 0 Å². The molecule has 0 spiro atoms. The first-order valence-corrected chi connectivity index (χ1v) is 11.4. The van der Waals surface area contributed by atoms with E-state index in [4.69, 9.17) is 4.98 Å². The van der Waals surface area contributed by atoms with Crippen LogP contribution in [-0.2, 0) is 9.84 Å². The number of hydrogen-bond acceptors (Lipinski definition) is 7. The Balaban J connectivity index is 1.88. The van der Waals surface area contributed by atoms with Crippen LogP contribution in [0.5, 0.6) is 0 Å². The summed E-state index contributed by atoms with van der Waals surface area (Å²) < 4.78 is 26.5. The molecule has 1 fully saturated rings. The number of nitrogens with zero attached hydrogens (tertiary/aromatic N) is 4. The van der Waals surface area contributed by atoms with Crippen molar-refractivity contribution >= 4 is 38.0 Å². The highest BCUT2D eigenvalue weighted by molar-refractivity contribution is 7.93. The molecular formula is C19H20N5O2S2+. The topological polar surface area (TPSA) is 91.4 Å². The molecule has 3 aromatic rings. The highest BCUT2D eigenvalue weighted by Crippen LogP contribution is 2.35. The van der Waals surface area contributed by atoms with Gasteiger partial charge in [0.05, 0.1) is 50.3 Å². The van der Waals surface area contributed by atoms with Crippen molar-refractivity contribution in [1.82, 2.24) is 9.97 Å². The second-order valence-electron chi connectivity index (χ2n) is 6.85. The molecule has 0 radical (unpaired) electrons. The van der Waals surface area contributed by atoms with Gasteiger partial charge in [-0.2, -0.15) is 5.26 Å². The van der Waals surface area contributed by atoms with Gasteiger partial charge in [0.2, 0.25) is 9.84 Å². The Labute approximate surface area is 167 Å². The summed E-state index contributed by atoms with van der Waals surface area (Å²) >= 11 is 1.11. The minimum atomic E-state index is -3.88. The predicted molar refractivity (Wildman–Crippen MR) is 108 cm³/mol. The number of likely N-dealkylation sites (N-methyl/N-ethyl adjacent to an activating group) is 1. The van der Waals surface area contributed by atoms with Crippen molar-refractivity contribution < 1.29 is 13.3 Å². The van der Waals surface area contributed by atoms with Crippen molar-refractivity contribution in [3.8, 4) is 6.07 Å². The van der Waals surface area contributed by atoms with Gasteiger partial charge in [-0.1, -0.05) is 18.2 Å². The summed E-state index contributed by atoms with van der Waals surface area (Å²) in [6.07, 6.45) is 0. The first kappa shape index (κ1) is 18.8. The minimum absolute atomic E-state index is 0.169. The fraction of sp³-hybridized carbons (Fsp3) is 0.316. The number of quaternary nitrogens is 1. The van der Waals surface area contributed by atoms with Crippen LogP contribution in [0, 0.1) is 11.3 Å². The highest BCUT2D eigenvalue weighted by Gasteiger charge is 2.36. The second kappa shape index (κ2) is 7.47. The summed E-state index contributed by atoms with van der Waals surface area (Å²) in [7, 11) is -1.75. The van der Waals surface area contributed by atoms with Gasteiger partial charge in [-0.15, -0.1) is 11.3 Å². The molecule has 7 nitrogen and oxygen atoms in total. The molecule has 0 bridgehead atoms. The van der Waals surface area contributed by atoms with Crippen LogP contribution < -0.4 is 9.80 Å². The quantitative estimate of drug-likeness (QED) is 0.687. The third-order valence-electron chi connectivity index (χ3n) is 4.95. The molecule has 1 aliphatic rings. The van der Waals surface area contributed by atoms with Crippen molar-refractivity contribution in [2.75, 3.05) is 38.1 Å². The Bertz CT molecular complexity index is 1130. The van der Waals surface area contributed by atoms with E-state index in [9.17, 15) is 13.7 Å². The minimum Gasteiger partial charge on any atom is -0.344 e. The largest absolute Gasteiger partial charge is 0.344 e. The molecule has 0 unspecified atom stereocenters. The number of aromatic nitrogens is 2. The van der Waals surface area contributed by atoms with E-state index in [0.717, 1.165) is 37.5 Å². The fourth-order valence-corrected chi connectivity index (χ4v) is 5.86. The maximum Gasteiger partial charge on any atom is 0.209 e. The molecular weight excluding hydrogens is 394 g/mol. The molecule has 9 heteroatoms. The van der Waals surface area contributed by atoms with E-state index in [1.54, 1.807) is 17.5 Å². The highest BCUT2D eigenvalue weighted by atomic mass is 32.2. The summed E-state index contributed by atoms with van der Waals surface area (Å²) in [5.74, 6) is 0.498. The van der Waals surface area contributed by atoms with Crippen LogP contribution in [-0.4, -0.2) is 51.6 Å². The van der Waals surface area contributed by atoms with Crippen LogP contribution >= 0.6 is 11.3 Å². The Hall–Kier alpha value is -2.54. The summed E-state index contributed by atoms with van der Waals surface area (Å²) in [5, 5.41) is 10.1. The SMILES string of the molecule is C[NH+]1CCN(c2nc3ccccc3nc2[C@H](C#N)S(=O)(=O)c2cccs2)CC1. The average Bonchev–Trinajstić information content (AvgIpc) is 3.24. The molecule has 1 saturated heterocycles. The summed E-state index contributed by atoms with van der Waals surface area (Å²) in [6, 6.07) is 12.5. The molecule has 2 aromatic heterocycles. The first-order valence-electron chi connectivity index (χ1n) is 9.00. The van der Waals surface area contributed by atoms with Gasteiger partial charge in [-0.3, -0.25) is 0 Å². The van der Waals surface area contributed by atoms with Gasteiger partial charge < -0.3 is 9.80 Å². The average molecular weight is 415 g/mol. The number of piperazine rings is 1. The lowest BCUT2D eigenvalue weighted by Gasteiger charge is -2.32. The van der Waals surface area contributed by atoms with Gasteiger partial charge in [0, 0.05) is 0 Å². The number of benzene rings is 1. The van der Waals surface area contributed by atoms with Crippen molar-refractivity contribution in [3.05, 3.63) is 47.5 Å². The van der Waals surface area contributed by atoms with Crippen molar-refractivity contribution in [2.24, 2.45) is 0 Å². The third kappa shape index (κ3) is 3.35.